The molecule has 0 atom stereocenters. The van der Waals surface area contributed by atoms with Gasteiger partial charge in [0.15, 0.2) is 5.82 Å². The Morgan fingerprint density at radius 1 is 0.960 bits per heavy atom. The van der Waals surface area contributed by atoms with Crippen molar-refractivity contribution in [3.63, 3.8) is 0 Å². The van der Waals surface area contributed by atoms with E-state index in [1.54, 1.807) is 17.4 Å². The molecule has 0 spiro atoms. The maximum absolute atomic E-state index is 12.2. The number of benzene rings is 2. The first-order valence-electron chi connectivity index (χ1n) is 7.89. The lowest BCUT2D eigenvalue weighted by atomic mass is 10.1. The van der Waals surface area contributed by atoms with Crippen LogP contribution in [0.4, 0.5) is 11.5 Å². The van der Waals surface area contributed by atoms with E-state index in [1.165, 1.54) is 6.92 Å². The molecule has 4 aromatic rings. The van der Waals surface area contributed by atoms with Crippen LogP contribution in [0.25, 0.3) is 22.4 Å². The second kappa shape index (κ2) is 6.20. The van der Waals surface area contributed by atoms with E-state index < -0.39 is 0 Å². The van der Waals surface area contributed by atoms with Gasteiger partial charge in [-0.15, -0.1) is 0 Å². The Kier molecular flexibility index (Phi) is 3.74. The number of hydrogen-bond donors (Lipinski definition) is 0. The normalized spacial score (nSPS) is 10.8. The summed E-state index contributed by atoms with van der Waals surface area (Å²) in [4.78, 5) is 22.7. The molecule has 1 amide bonds. The molecule has 2 heterocycles. The quantitative estimate of drug-likeness (QED) is 0.552. The zero-order valence-corrected chi connectivity index (χ0v) is 13.6. The zero-order chi connectivity index (χ0) is 17.2. The molecule has 0 aliphatic heterocycles. The largest absolute Gasteiger partial charge is 0.464 e. The van der Waals surface area contributed by atoms with E-state index in [0.29, 0.717) is 5.82 Å². The molecule has 0 fully saturated rings. The third-order valence-electron chi connectivity index (χ3n) is 3.91. The van der Waals surface area contributed by atoms with Crippen LogP contribution in [0, 0.1) is 0 Å². The predicted octanol–water partition coefficient (Wildman–Crippen LogP) is 4.57. The van der Waals surface area contributed by atoms with Gasteiger partial charge in [-0.3, -0.25) is 14.7 Å². The average molecular weight is 329 g/mol. The van der Waals surface area contributed by atoms with Gasteiger partial charge in [-0.2, -0.15) is 0 Å². The van der Waals surface area contributed by atoms with Gasteiger partial charge < -0.3 is 4.42 Å². The van der Waals surface area contributed by atoms with Crippen LogP contribution in [0.15, 0.2) is 77.5 Å². The van der Waals surface area contributed by atoms with Crippen LogP contribution in [0.2, 0.25) is 0 Å². The molecule has 0 aliphatic rings. The minimum absolute atomic E-state index is 0.129. The number of aromatic nitrogens is 2. The second-order valence-electron chi connectivity index (χ2n) is 5.60. The number of nitrogens with zero attached hydrogens (tertiary/aromatic N) is 3. The van der Waals surface area contributed by atoms with Crippen LogP contribution in [0.1, 0.15) is 6.92 Å². The highest BCUT2D eigenvalue weighted by Crippen LogP contribution is 2.28. The summed E-state index contributed by atoms with van der Waals surface area (Å²) in [7, 11) is 0. The van der Waals surface area contributed by atoms with Crippen LogP contribution in [-0.2, 0) is 4.79 Å². The molecular formula is C20H15N3O2. The highest BCUT2D eigenvalue weighted by molar-refractivity contribution is 5.98. The highest BCUT2D eigenvalue weighted by atomic mass is 16.3. The van der Waals surface area contributed by atoms with Gasteiger partial charge in [0.2, 0.25) is 5.91 Å². The van der Waals surface area contributed by atoms with Crippen LogP contribution < -0.4 is 4.90 Å². The zero-order valence-electron chi connectivity index (χ0n) is 13.6. The standard InChI is InChI=1S/C20H15N3O2/c1-14(24)23(20-13-21-17-5-2-3-6-18(17)22-20)16-10-8-15(9-11-16)19-7-4-12-25-19/h2-13H,1H3. The van der Waals surface area contributed by atoms with Gasteiger partial charge in [-0.25, -0.2) is 4.98 Å². The molecule has 5 heteroatoms. The van der Waals surface area contributed by atoms with Crippen LogP contribution in [0.3, 0.4) is 0 Å². The number of furan rings is 1. The van der Waals surface area contributed by atoms with Crippen molar-refractivity contribution in [1.82, 2.24) is 9.97 Å². The number of fused-ring (bicyclic) bond motifs is 1. The Morgan fingerprint density at radius 3 is 2.40 bits per heavy atom. The maximum Gasteiger partial charge on any atom is 0.229 e. The van der Waals surface area contributed by atoms with E-state index in [9.17, 15) is 4.79 Å². The smallest absolute Gasteiger partial charge is 0.229 e. The van der Waals surface area contributed by atoms with E-state index in [1.807, 2.05) is 60.7 Å². The lowest BCUT2D eigenvalue weighted by Gasteiger charge is -2.20. The average Bonchev–Trinajstić information content (AvgIpc) is 3.17. The Bertz CT molecular complexity index is 1020. The number of anilines is 2. The number of para-hydroxylation sites is 2. The summed E-state index contributed by atoms with van der Waals surface area (Å²) < 4.78 is 5.40. The topological polar surface area (TPSA) is 59.2 Å². The van der Waals surface area contributed by atoms with Crippen LogP contribution >= 0.6 is 0 Å². The molecule has 25 heavy (non-hydrogen) atoms. The van der Waals surface area contributed by atoms with E-state index in [-0.39, 0.29) is 5.91 Å². The van der Waals surface area contributed by atoms with Crippen molar-refractivity contribution in [3.05, 3.63) is 73.1 Å². The van der Waals surface area contributed by atoms with Crippen LogP contribution in [-0.4, -0.2) is 15.9 Å². The van der Waals surface area contributed by atoms with Crippen molar-refractivity contribution in [3.8, 4) is 11.3 Å². The van der Waals surface area contributed by atoms with Crippen molar-refractivity contribution >= 4 is 28.4 Å². The fourth-order valence-electron chi connectivity index (χ4n) is 2.75. The van der Waals surface area contributed by atoms with E-state index in [0.717, 1.165) is 28.0 Å². The predicted molar refractivity (Wildman–Crippen MR) is 96.5 cm³/mol. The number of hydrogen-bond acceptors (Lipinski definition) is 4. The van der Waals surface area contributed by atoms with Gasteiger partial charge in [0, 0.05) is 12.5 Å². The van der Waals surface area contributed by atoms with Crippen LogP contribution in [0.5, 0.6) is 0 Å². The first kappa shape index (κ1) is 15.1. The number of amides is 1. The van der Waals surface area contributed by atoms with Crippen molar-refractivity contribution in [1.29, 1.82) is 0 Å². The molecule has 0 bridgehead atoms. The molecular weight excluding hydrogens is 314 g/mol. The minimum Gasteiger partial charge on any atom is -0.464 e. The molecule has 0 radical (unpaired) electrons. The maximum atomic E-state index is 12.2. The molecule has 2 aromatic heterocycles. The third-order valence-corrected chi connectivity index (χ3v) is 3.91. The lowest BCUT2D eigenvalue weighted by molar-refractivity contribution is -0.115. The summed E-state index contributed by atoms with van der Waals surface area (Å²) in [5, 5.41) is 0. The number of carbonyl (C=O) groups is 1. The number of rotatable bonds is 3. The van der Waals surface area contributed by atoms with Gasteiger partial charge in [-0.05, 0) is 48.5 Å². The molecule has 2 aromatic carbocycles. The van der Waals surface area contributed by atoms with Crippen molar-refractivity contribution in [2.45, 2.75) is 6.92 Å². The summed E-state index contributed by atoms with van der Waals surface area (Å²) in [6.07, 6.45) is 3.25. The summed E-state index contributed by atoms with van der Waals surface area (Å²) in [6, 6.07) is 18.9. The van der Waals surface area contributed by atoms with Crippen molar-refractivity contribution in [2.75, 3.05) is 4.90 Å². The lowest BCUT2D eigenvalue weighted by Crippen LogP contribution is -2.23. The Morgan fingerprint density at radius 2 is 1.72 bits per heavy atom. The summed E-state index contributed by atoms with van der Waals surface area (Å²) in [5.41, 5.74) is 3.22. The molecule has 0 saturated heterocycles. The number of carbonyl (C=O) groups excluding carboxylic acids is 1. The first-order chi connectivity index (χ1) is 12.2. The van der Waals surface area contributed by atoms with Crippen molar-refractivity contribution < 1.29 is 9.21 Å². The van der Waals surface area contributed by atoms with Gasteiger partial charge in [-0.1, -0.05) is 12.1 Å². The van der Waals surface area contributed by atoms with Crippen molar-refractivity contribution in [2.24, 2.45) is 0 Å². The third kappa shape index (κ3) is 2.87. The molecule has 0 unspecified atom stereocenters. The molecule has 0 saturated carbocycles. The molecule has 5 nitrogen and oxygen atoms in total. The minimum atomic E-state index is -0.129. The Balaban J connectivity index is 1.74. The van der Waals surface area contributed by atoms with Gasteiger partial charge in [0.25, 0.3) is 0 Å². The molecule has 0 N–H and O–H groups in total. The summed E-state index contributed by atoms with van der Waals surface area (Å²) >= 11 is 0. The van der Waals surface area contributed by atoms with E-state index in [2.05, 4.69) is 9.97 Å². The highest BCUT2D eigenvalue weighted by Gasteiger charge is 2.16. The molecule has 4 rings (SSSR count). The fourth-order valence-corrected chi connectivity index (χ4v) is 2.75. The van der Waals surface area contributed by atoms with E-state index >= 15 is 0 Å². The molecule has 0 aliphatic carbocycles. The Labute approximate surface area is 144 Å². The summed E-state index contributed by atoms with van der Waals surface area (Å²) in [6.45, 7) is 1.51. The fraction of sp³-hybridized carbons (Fsp3) is 0.0500. The summed E-state index contributed by atoms with van der Waals surface area (Å²) in [5.74, 6) is 1.15. The Hall–Kier alpha value is -3.47. The van der Waals surface area contributed by atoms with Gasteiger partial charge >= 0.3 is 0 Å². The van der Waals surface area contributed by atoms with Gasteiger partial charge in [0.1, 0.15) is 5.76 Å². The SMILES string of the molecule is CC(=O)N(c1ccc(-c2ccco2)cc1)c1cnc2ccccc2n1. The van der Waals surface area contributed by atoms with Gasteiger partial charge in [0.05, 0.1) is 29.2 Å². The monoisotopic (exact) mass is 329 g/mol. The van der Waals surface area contributed by atoms with E-state index in [4.69, 9.17) is 4.42 Å². The first-order valence-corrected chi connectivity index (χ1v) is 7.89. The molecule has 122 valence electrons. The second-order valence-corrected chi connectivity index (χ2v) is 5.60.